The molecule has 2 N–H and O–H groups in total. The topological polar surface area (TPSA) is 59.6 Å². The van der Waals surface area contributed by atoms with Crippen molar-refractivity contribution in [3.63, 3.8) is 0 Å². The second-order valence-corrected chi connectivity index (χ2v) is 5.71. The van der Waals surface area contributed by atoms with E-state index in [1.165, 1.54) is 0 Å². The highest BCUT2D eigenvalue weighted by Crippen LogP contribution is 2.34. The van der Waals surface area contributed by atoms with Gasteiger partial charge in [-0.1, -0.05) is 0 Å². The minimum absolute atomic E-state index is 0.0320. The van der Waals surface area contributed by atoms with E-state index in [4.69, 9.17) is 9.47 Å². The number of hydrogen-bond donors (Lipinski definition) is 2. The van der Waals surface area contributed by atoms with Crippen LogP contribution in [0.25, 0.3) is 0 Å². The fraction of sp³-hybridized carbons (Fsp3) is 0.923. The molecule has 0 aromatic heterocycles. The molecule has 5 nitrogen and oxygen atoms in total. The number of carbonyl (C=O) groups excluding carboxylic acids is 1. The quantitative estimate of drug-likeness (QED) is 0.739. The minimum Gasteiger partial charge on any atom is -0.381 e. The van der Waals surface area contributed by atoms with Crippen LogP contribution in [-0.2, 0) is 14.3 Å². The van der Waals surface area contributed by atoms with Gasteiger partial charge in [0.05, 0.1) is 5.60 Å². The lowest BCUT2D eigenvalue weighted by atomic mass is 9.84. The van der Waals surface area contributed by atoms with Crippen molar-refractivity contribution in [2.45, 2.75) is 49.8 Å². The SMILES string of the molecule is O=C1CC(NC2CCOC3(CCOCC3)C2)CN1. The van der Waals surface area contributed by atoms with Crippen LogP contribution in [0.1, 0.15) is 32.1 Å². The minimum atomic E-state index is 0.0320. The molecule has 0 saturated carbocycles. The van der Waals surface area contributed by atoms with Gasteiger partial charge >= 0.3 is 0 Å². The zero-order valence-electron chi connectivity index (χ0n) is 10.7. The van der Waals surface area contributed by atoms with Crippen LogP contribution < -0.4 is 10.6 Å². The Labute approximate surface area is 108 Å². The van der Waals surface area contributed by atoms with E-state index in [2.05, 4.69) is 10.6 Å². The largest absolute Gasteiger partial charge is 0.381 e. The number of rotatable bonds is 2. The molecule has 3 saturated heterocycles. The summed E-state index contributed by atoms with van der Waals surface area (Å²) in [6, 6.07) is 0.784. The lowest BCUT2D eigenvalue weighted by molar-refractivity contribution is -0.140. The smallest absolute Gasteiger partial charge is 0.221 e. The van der Waals surface area contributed by atoms with Crippen molar-refractivity contribution in [3.05, 3.63) is 0 Å². The van der Waals surface area contributed by atoms with Crippen molar-refractivity contribution >= 4 is 5.91 Å². The summed E-state index contributed by atoms with van der Waals surface area (Å²) in [6.07, 6.45) is 4.74. The third kappa shape index (κ3) is 2.68. The Morgan fingerprint density at radius 3 is 2.78 bits per heavy atom. The Morgan fingerprint density at radius 2 is 2.06 bits per heavy atom. The maximum Gasteiger partial charge on any atom is 0.221 e. The van der Waals surface area contributed by atoms with Crippen LogP contribution in [-0.4, -0.2) is 50.0 Å². The van der Waals surface area contributed by atoms with E-state index in [9.17, 15) is 4.79 Å². The summed E-state index contributed by atoms with van der Waals surface area (Å²) in [5.41, 5.74) is 0.0320. The van der Waals surface area contributed by atoms with Crippen molar-refractivity contribution in [1.82, 2.24) is 10.6 Å². The average molecular weight is 254 g/mol. The molecule has 0 radical (unpaired) electrons. The van der Waals surface area contributed by atoms with Crippen LogP contribution in [0.3, 0.4) is 0 Å². The third-order valence-electron chi connectivity index (χ3n) is 4.35. The second-order valence-electron chi connectivity index (χ2n) is 5.71. The van der Waals surface area contributed by atoms with Gasteiger partial charge in [-0.05, 0) is 25.7 Å². The molecule has 5 heteroatoms. The van der Waals surface area contributed by atoms with Crippen molar-refractivity contribution in [3.8, 4) is 0 Å². The predicted molar refractivity (Wildman–Crippen MR) is 66.3 cm³/mol. The molecule has 0 aromatic rings. The van der Waals surface area contributed by atoms with Crippen molar-refractivity contribution in [2.24, 2.45) is 0 Å². The zero-order valence-corrected chi connectivity index (χ0v) is 10.7. The Hall–Kier alpha value is -0.650. The molecule has 0 aromatic carbocycles. The third-order valence-corrected chi connectivity index (χ3v) is 4.35. The summed E-state index contributed by atoms with van der Waals surface area (Å²) in [4.78, 5) is 11.2. The van der Waals surface area contributed by atoms with Gasteiger partial charge in [0.15, 0.2) is 0 Å². The first-order valence-corrected chi connectivity index (χ1v) is 7.00. The van der Waals surface area contributed by atoms with Crippen LogP contribution in [0.5, 0.6) is 0 Å². The first kappa shape index (κ1) is 12.4. The van der Waals surface area contributed by atoms with Crippen LogP contribution in [0.15, 0.2) is 0 Å². The van der Waals surface area contributed by atoms with Gasteiger partial charge in [0.1, 0.15) is 0 Å². The predicted octanol–water partition coefficient (Wildman–Crippen LogP) is 0.193. The standard InChI is InChI=1S/C13H22N2O3/c16-12-7-11(9-14-12)15-10-1-4-18-13(8-10)2-5-17-6-3-13/h10-11,15H,1-9H2,(H,14,16). The summed E-state index contributed by atoms with van der Waals surface area (Å²) in [5, 5.41) is 6.49. The van der Waals surface area contributed by atoms with Crippen LogP contribution in [0.4, 0.5) is 0 Å². The molecule has 2 atom stereocenters. The van der Waals surface area contributed by atoms with Crippen LogP contribution >= 0.6 is 0 Å². The van der Waals surface area contributed by atoms with Gasteiger partial charge in [0.2, 0.25) is 5.91 Å². The molecular formula is C13H22N2O3. The number of ether oxygens (including phenoxy) is 2. The fourth-order valence-electron chi connectivity index (χ4n) is 3.32. The number of carbonyl (C=O) groups is 1. The number of amides is 1. The van der Waals surface area contributed by atoms with Crippen LogP contribution in [0, 0.1) is 0 Å². The van der Waals surface area contributed by atoms with E-state index in [0.717, 1.165) is 52.0 Å². The molecule has 102 valence electrons. The molecule has 3 heterocycles. The molecule has 1 amide bonds. The number of hydrogen-bond acceptors (Lipinski definition) is 4. The van der Waals surface area contributed by atoms with Gasteiger partial charge in [0, 0.05) is 44.9 Å². The molecule has 1 spiro atoms. The molecule has 2 unspecified atom stereocenters. The molecule has 18 heavy (non-hydrogen) atoms. The summed E-state index contributed by atoms with van der Waals surface area (Å²) in [7, 11) is 0. The molecule has 0 bridgehead atoms. The normalized spacial score (nSPS) is 35.7. The van der Waals surface area contributed by atoms with E-state index >= 15 is 0 Å². The number of nitrogens with one attached hydrogen (secondary N) is 2. The van der Waals surface area contributed by atoms with Crippen molar-refractivity contribution in [2.75, 3.05) is 26.4 Å². The second kappa shape index (κ2) is 5.15. The van der Waals surface area contributed by atoms with Gasteiger partial charge in [-0.15, -0.1) is 0 Å². The lowest BCUT2D eigenvalue weighted by Crippen LogP contribution is -2.52. The van der Waals surface area contributed by atoms with E-state index in [1.54, 1.807) is 0 Å². The Balaban J connectivity index is 1.55. The lowest BCUT2D eigenvalue weighted by Gasteiger charge is -2.44. The highest BCUT2D eigenvalue weighted by molar-refractivity contribution is 5.78. The summed E-state index contributed by atoms with van der Waals surface area (Å²) >= 11 is 0. The first-order valence-electron chi connectivity index (χ1n) is 7.00. The van der Waals surface area contributed by atoms with Gasteiger partial charge in [-0.25, -0.2) is 0 Å². The van der Waals surface area contributed by atoms with Gasteiger partial charge in [-0.3, -0.25) is 4.79 Å². The Morgan fingerprint density at radius 1 is 1.22 bits per heavy atom. The van der Waals surface area contributed by atoms with Crippen molar-refractivity contribution < 1.29 is 14.3 Å². The van der Waals surface area contributed by atoms with E-state index in [-0.39, 0.29) is 11.5 Å². The average Bonchev–Trinajstić information content (AvgIpc) is 2.76. The molecular weight excluding hydrogens is 232 g/mol. The maximum absolute atomic E-state index is 11.2. The van der Waals surface area contributed by atoms with Gasteiger partial charge < -0.3 is 20.1 Å². The van der Waals surface area contributed by atoms with Crippen molar-refractivity contribution in [1.29, 1.82) is 0 Å². The van der Waals surface area contributed by atoms with E-state index < -0.39 is 0 Å². The Kier molecular flexibility index (Phi) is 3.54. The summed E-state index contributed by atoms with van der Waals surface area (Å²) in [6.45, 7) is 3.23. The molecule has 3 fully saturated rings. The van der Waals surface area contributed by atoms with Gasteiger partial charge in [0.25, 0.3) is 0 Å². The molecule has 0 aliphatic carbocycles. The maximum atomic E-state index is 11.2. The molecule has 3 aliphatic rings. The Bertz CT molecular complexity index is 310. The van der Waals surface area contributed by atoms with E-state index in [1.807, 2.05) is 0 Å². The van der Waals surface area contributed by atoms with Gasteiger partial charge in [-0.2, -0.15) is 0 Å². The zero-order chi connectivity index (χ0) is 12.4. The van der Waals surface area contributed by atoms with Crippen LogP contribution in [0.2, 0.25) is 0 Å². The molecule has 3 aliphatic heterocycles. The highest BCUT2D eigenvalue weighted by Gasteiger charge is 2.39. The highest BCUT2D eigenvalue weighted by atomic mass is 16.5. The molecule has 3 rings (SSSR count). The monoisotopic (exact) mass is 254 g/mol. The fourth-order valence-corrected chi connectivity index (χ4v) is 3.32. The summed E-state index contributed by atoms with van der Waals surface area (Å²) in [5.74, 6) is 0.167. The van der Waals surface area contributed by atoms with E-state index in [0.29, 0.717) is 18.5 Å². The summed E-state index contributed by atoms with van der Waals surface area (Å²) < 4.78 is 11.4. The first-order chi connectivity index (χ1) is 8.76.